The maximum absolute atomic E-state index is 13.2. The minimum atomic E-state index is -0.542. The highest BCUT2D eigenvalue weighted by molar-refractivity contribution is 9.10. The summed E-state index contributed by atoms with van der Waals surface area (Å²) in [5.74, 6) is -0.825. The number of nitrogen functional groups attached to an aromatic ring is 1. The fraction of sp³-hybridized carbons (Fsp3) is 0.214. The summed E-state index contributed by atoms with van der Waals surface area (Å²) in [6.07, 6.45) is 0.985. The maximum atomic E-state index is 13.2. The first-order valence-electron chi connectivity index (χ1n) is 6.11. The Morgan fingerprint density at radius 2 is 2.10 bits per heavy atom. The molecule has 0 aliphatic carbocycles. The smallest absolute Gasteiger partial charge is 0.252 e. The number of aryl methyl sites for hydroxylation is 1. The molecule has 106 valence electrons. The number of thiophene rings is 1. The number of nitrogens with one attached hydrogen (secondary N) is 1. The Morgan fingerprint density at radius 1 is 1.40 bits per heavy atom. The summed E-state index contributed by atoms with van der Waals surface area (Å²) < 4.78 is 13.6. The first-order valence-corrected chi connectivity index (χ1v) is 7.72. The van der Waals surface area contributed by atoms with Gasteiger partial charge in [-0.1, -0.05) is 6.92 Å². The van der Waals surface area contributed by atoms with Gasteiger partial charge in [0.15, 0.2) is 0 Å². The second-order valence-corrected chi connectivity index (χ2v) is 6.37. The number of hydrogen-bond acceptors (Lipinski definition) is 3. The number of carbonyl (C=O) groups excluding carboxylic acids is 1. The van der Waals surface area contributed by atoms with Gasteiger partial charge in [0.2, 0.25) is 0 Å². The number of nitrogens with two attached hydrogens (primary N) is 1. The largest absolute Gasteiger partial charge is 0.396 e. The second-order valence-electron chi connectivity index (χ2n) is 4.26. The summed E-state index contributed by atoms with van der Waals surface area (Å²) in [7, 11) is 0. The number of carbonyl (C=O) groups is 1. The van der Waals surface area contributed by atoms with Crippen LogP contribution in [0.15, 0.2) is 28.7 Å². The molecule has 3 nitrogen and oxygen atoms in total. The lowest BCUT2D eigenvalue weighted by Crippen LogP contribution is -2.23. The van der Waals surface area contributed by atoms with Crippen molar-refractivity contribution in [3.63, 3.8) is 0 Å². The van der Waals surface area contributed by atoms with Crippen LogP contribution in [0.4, 0.5) is 10.1 Å². The Hall–Kier alpha value is -1.40. The Labute approximate surface area is 129 Å². The van der Waals surface area contributed by atoms with Gasteiger partial charge < -0.3 is 11.1 Å². The molecule has 1 heterocycles. The van der Waals surface area contributed by atoms with Crippen molar-refractivity contribution in [1.29, 1.82) is 0 Å². The lowest BCUT2D eigenvalue weighted by Gasteiger charge is -2.07. The van der Waals surface area contributed by atoms with E-state index in [1.54, 1.807) is 11.3 Å². The van der Waals surface area contributed by atoms with Gasteiger partial charge in [0.25, 0.3) is 5.91 Å². The monoisotopic (exact) mass is 356 g/mol. The van der Waals surface area contributed by atoms with Gasteiger partial charge in [-0.25, -0.2) is 4.39 Å². The van der Waals surface area contributed by atoms with E-state index in [2.05, 4.69) is 34.2 Å². The molecule has 1 aromatic heterocycles. The molecule has 1 amide bonds. The SMILES string of the molecule is CCc1ccc(CNC(=O)c2cc(N)c(F)cc2Br)s1. The Morgan fingerprint density at radius 3 is 2.75 bits per heavy atom. The molecule has 2 aromatic rings. The van der Waals surface area contributed by atoms with E-state index in [9.17, 15) is 9.18 Å². The van der Waals surface area contributed by atoms with Crippen LogP contribution in [-0.2, 0) is 13.0 Å². The number of hydrogen-bond donors (Lipinski definition) is 2. The Bertz CT molecular complexity index is 642. The van der Waals surface area contributed by atoms with Crippen LogP contribution in [0.25, 0.3) is 0 Å². The highest BCUT2D eigenvalue weighted by atomic mass is 79.9. The lowest BCUT2D eigenvalue weighted by molar-refractivity contribution is 0.0950. The van der Waals surface area contributed by atoms with Crippen LogP contribution in [0.5, 0.6) is 0 Å². The minimum Gasteiger partial charge on any atom is -0.396 e. The normalized spacial score (nSPS) is 10.6. The third-order valence-electron chi connectivity index (χ3n) is 2.82. The van der Waals surface area contributed by atoms with Crippen molar-refractivity contribution in [1.82, 2.24) is 5.32 Å². The van der Waals surface area contributed by atoms with E-state index in [-0.39, 0.29) is 11.6 Å². The third kappa shape index (κ3) is 3.37. The van der Waals surface area contributed by atoms with Crippen molar-refractivity contribution < 1.29 is 9.18 Å². The van der Waals surface area contributed by atoms with E-state index in [1.165, 1.54) is 17.0 Å². The molecule has 0 atom stereocenters. The molecule has 1 aromatic carbocycles. The molecule has 0 aliphatic rings. The van der Waals surface area contributed by atoms with Crippen LogP contribution in [0.2, 0.25) is 0 Å². The molecule has 6 heteroatoms. The standard InChI is InChI=1S/C14H14BrFN2OS/c1-2-8-3-4-9(20-8)7-18-14(19)10-5-13(17)12(16)6-11(10)15/h3-6H,2,7,17H2,1H3,(H,18,19). The van der Waals surface area contributed by atoms with Crippen molar-refractivity contribution in [3.05, 3.63) is 49.9 Å². The van der Waals surface area contributed by atoms with Gasteiger partial charge in [0, 0.05) is 14.2 Å². The van der Waals surface area contributed by atoms with Crippen molar-refractivity contribution in [2.24, 2.45) is 0 Å². The Balaban J connectivity index is 2.07. The molecule has 0 bridgehead atoms. The summed E-state index contributed by atoms with van der Waals surface area (Å²) >= 11 is 4.84. The topological polar surface area (TPSA) is 55.1 Å². The fourth-order valence-electron chi connectivity index (χ4n) is 1.71. The molecule has 0 unspecified atom stereocenters. The highest BCUT2D eigenvalue weighted by Crippen LogP contribution is 2.23. The predicted octanol–water partition coefficient (Wildman–Crippen LogP) is 3.72. The second kappa shape index (κ2) is 6.37. The molecular formula is C14H14BrFN2OS. The first kappa shape index (κ1) is 15.0. The molecule has 20 heavy (non-hydrogen) atoms. The van der Waals surface area contributed by atoms with Crippen LogP contribution in [0.1, 0.15) is 27.0 Å². The first-order chi connectivity index (χ1) is 9.51. The van der Waals surface area contributed by atoms with Gasteiger partial charge in [-0.15, -0.1) is 11.3 Å². The molecule has 0 saturated carbocycles. The van der Waals surface area contributed by atoms with Crippen LogP contribution < -0.4 is 11.1 Å². The number of anilines is 1. The summed E-state index contributed by atoms with van der Waals surface area (Å²) in [5.41, 5.74) is 5.77. The zero-order valence-electron chi connectivity index (χ0n) is 10.9. The molecular weight excluding hydrogens is 343 g/mol. The van der Waals surface area contributed by atoms with Gasteiger partial charge in [0.05, 0.1) is 17.8 Å². The maximum Gasteiger partial charge on any atom is 0.252 e. The highest BCUT2D eigenvalue weighted by Gasteiger charge is 2.13. The number of halogens is 2. The summed E-state index contributed by atoms with van der Waals surface area (Å²) in [6, 6.07) is 6.58. The van der Waals surface area contributed by atoms with Crippen LogP contribution in [0, 0.1) is 5.82 Å². The van der Waals surface area contributed by atoms with Crippen LogP contribution >= 0.6 is 27.3 Å². The number of benzene rings is 1. The summed E-state index contributed by atoms with van der Waals surface area (Å²) in [4.78, 5) is 14.4. The van der Waals surface area contributed by atoms with Crippen LogP contribution in [0.3, 0.4) is 0 Å². The molecule has 2 rings (SSSR count). The van der Waals surface area contributed by atoms with Crippen molar-refractivity contribution in [2.45, 2.75) is 19.9 Å². The zero-order chi connectivity index (χ0) is 14.7. The van der Waals surface area contributed by atoms with E-state index in [0.717, 1.165) is 11.3 Å². The van der Waals surface area contributed by atoms with Gasteiger partial charge in [-0.05, 0) is 46.6 Å². The predicted molar refractivity (Wildman–Crippen MR) is 83.4 cm³/mol. The van der Waals surface area contributed by atoms with Crippen molar-refractivity contribution in [2.75, 3.05) is 5.73 Å². The van der Waals surface area contributed by atoms with Gasteiger partial charge >= 0.3 is 0 Å². The van der Waals surface area contributed by atoms with Gasteiger partial charge in [-0.2, -0.15) is 0 Å². The van der Waals surface area contributed by atoms with E-state index in [4.69, 9.17) is 5.73 Å². The Kier molecular flexibility index (Phi) is 4.77. The molecule has 0 saturated heterocycles. The fourth-order valence-corrected chi connectivity index (χ4v) is 3.10. The van der Waals surface area contributed by atoms with Gasteiger partial charge in [-0.3, -0.25) is 4.79 Å². The van der Waals surface area contributed by atoms with Crippen molar-refractivity contribution in [3.8, 4) is 0 Å². The van der Waals surface area contributed by atoms with Crippen molar-refractivity contribution >= 4 is 38.9 Å². The van der Waals surface area contributed by atoms with E-state index in [0.29, 0.717) is 16.6 Å². The average molecular weight is 357 g/mol. The number of amides is 1. The van der Waals surface area contributed by atoms with E-state index < -0.39 is 5.82 Å². The van der Waals surface area contributed by atoms with Crippen LogP contribution in [-0.4, -0.2) is 5.91 Å². The molecule has 3 N–H and O–H groups in total. The number of rotatable bonds is 4. The average Bonchev–Trinajstić information content (AvgIpc) is 2.88. The van der Waals surface area contributed by atoms with Gasteiger partial charge in [0.1, 0.15) is 5.82 Å². The molecule has 0 fully saturated rings. The third-order valence-corrected chi connectivity index (χ3v) is 4.71. The van der Waals surface area contributed by atoms with E-state index >= 15 is 0 Å². The summed E-state index contributed by atoms with van der Waals surface area (Å²) in [5, 5.41) is 2.80. The molecule has 0 spiro atoms. The zero-order valence-corrected chi connectivity index (χ0v) is 13.3. The summed E-state index contributed by atoms with van der Waals surface area (Å²) in [6.45, 7) is 2.54. The molecule has 0 aliphatic heterocycles. The quantitative estimate of drug-likeness (QED) is 0.820. The molecule has 0 radical (unpaired) electrons. The lowest BCUT2D eigenvalue weighted by atomic mass is 10.2. The minimum absolute atomic E-state index is 0.0391. The van der Waals surface area contributed by atoms with E-state index in [1.807, 2.05) is 6.07 Å².